The van der Waals surface area contributed by atoms with Crippen molar-refractivity contribution in [2.45, 2.75) is 53.0 Å². The number of carbonyl (C=O) groups is 3. The number of ether oxygens (including phenoxy) is 2. The van der Waals surface area contributed by atoms with Crippen molar-refractivity contribution in [2.24, 2.45) is 10.8 Å². The third-order valence-corrected chi connectivity index (χ3v) is 7.17. The van der Waals surface area contributed by atoms with Crippen LogP contribution in [0.3, 0.4) is 0 Å². The lowest BCUT2D eigenvalue weighted by Crippen LogP contribution is -2.41. The van der Waals surface area contributed by atoms with Gasteiger partial charge in [0.15, 0.2) is 0 Å². The molecule has 2 N–H and O–H groups in total. The van der Waals surface area contributed by atoms with Gasteiger partial charge in [0.05, 0.1) is 29.1 Å². The molecule has 36 heavy (non-hydrogen) atoms. The van der Waals surface area contributed by atoms with E-state index >= 15 is 0 Å². The van der Waals surface area contributed by atoms with Gasteiger partial charge in [-0.2, -0.15) is 5.10 Å². The van der Waals surface area contributed by atoms with Gasteiger partial charge in [0.1, 0.15) is 0 Å². The number of rotatable bonds is 7. The van der Waals surface area contributed by atoms with Crippen molar-refractivity contribution < 1.29 is 23.9 Å². The smallest absolute Gasteiger partial charge is 0.338 e. The second-order valence-electron chi connectivity index (χ2n) is 10.7. The summed E-state index contributed by atoms with van der Waals surface area (Å²) in [6.07, 6.45) is 3.22. The third-order valence-electron chi connectivity index (χ3n) is 7.17. The second kappa shape index (κ2) is 10.4. The van der Waals surface area contributed by atoms with Crippen molar-refractivity contribution >= 4 is 17.8 Å². The fraction of sp³-hybridized carbons (Fsp3) is 0.556. The van der Waals surface area contributed by atoms with E-state index in [1.54, 1.807) is 25.2 Å². The zero-order valence-corrected chi connectivity index (χ0v) is 21.6. The van der Waals surface area contributed by atoms with Gasteiger partial charge in [0.25, 0.3) is 11.8 Å². The maximum atomic E-state index is 13.1. The maximum absolute atomic E-state index is 13.1. The summed E-state index contributed by atoms with van der Waals surface area (Å²) in [5.41, 5.74) is 2.70. The molecule has 1 aromatic carbocycles. The van der Waals surface area contributed by atoms with Gasteiger partial charge in [-0.3, -0.25) is 14.3 Å². The van der Waals surface area contributed by atoms with Gasteiger partial charge in [-0.25, -0.2) is 4.79 Å². The SMILES string of the molecule is CCc1nn(CC(C)(C)COC(=O)c2cccc(C(=O)NC)c2)c2c1C(=O)NCC1(CCOCC1)C2. The first-order chi connectivity index (χ1) is 17.2. The van der Waals surface area contributed by atoms with E-state index in [0.29, 0.717) is 49.4 Å². The van der Waals surface area contributed by atoms with Crippen molar-refractivity contribution in [3.8, 4) is 0 Å². The average Bonchev–Trinajstić information content (AvgIpc) is 3.14. The van der Waals surface area contributed by atoms with E-state index in [1.165, 1.54) is 6.07 Å². The Morgan fingerprint density at radius 1 is 1.25 bits per heavy atom. The van der Waals surface area contributed by atoms with Crippen LogP contribution in [0.5, 0.6) is 0 Å². The van der Waals surface area contributed by atoms with Crippen LogP contribution < -0.4 is 10.6 Å². The standard InChI is InChI=1S/C27H36N4O5/c1-5-20-22-21(14-27(15-29-24(22)33)9-11-35-12-10-27)31(30-20)16-26(2,3)17-36-25(34)19-8-6-7-18(13-19)23(32)28-4/h6-8,13H,5,9-12,14-17H2,1-4H3,(H,28,32)(H,29,33). The maximum Gasteiger partial charge on any atom is 0.338 e. The fourth-order valence-corrected chi connectivity index (χ4v) is 5.03. The monoisotopic (exact) mass is 496 g/mol. The second-order valence-corrected chi connectivity index (χ2v) is 10.7. The molecule has 0 aliphatic carbocycles. The molecule has 9 heteroatoms. The molecular weight excluding hydrogens is 460 g/mol. The van der Waals surface area contributed by atoms with Crippen LogP contribution in [0.2, 0.25) is 0 Å². The molecule has 0 unspecified atom stereocenters. The largest absolute Gasteiger partial charge is 0.461 e. The predicted molar refractivity (Wildman–Crippen MR) is 134 cm³/mol. The molecule has 0 radical (unpaired) electrons. The molecular formula is C27H36N4O5. The number of nitrogens with one attached hydrogen (secondary N) is 2. The Morgan fingerprint density at radius 2 is 1.97 bits per heavy atom. The van der Waals surface area contributed by atoms with Crippen molar-refractivity contribution in [2.75, 3.05) is 33.4 Å². The summed E-state index contributed by atoms with van der Waals surface area (Å²) in [6.45, 7) is 8.74. The number of esters is 1. The zero-order chi connectivity index (χ0) is 25.9. The molecule has 0 atom stereocenters. The zero-order valence-electron chi connectivity index (χ0n) is 21.6. The van der Waals surface area contributed by atoms with E-state index < -0.39 is 11.4 Å². The number of fused-ring (bicyclic) bond motifs is 1. The molecule has 0 bridgehead atoms. The first-order valence-corrected chi connectivity index (χ1v) is 12.6. The minimum atomic E-state index is -0.483. The minimum Gasteiger partial charge on any atom is -0.461 e. The topological polar surface area (TPSA) is 112 Å². The van der Waals surface area contributed by atoms with E-state index in [1.807, 2.05) is 25.5 Å². The molecule has 0 saturated carbocycles. The molecule has 9 nitrogen and oxygen atoms in total. The lowest BCUT2D eigenvalue weighted by molar-refractivity contribution is 0.0145. The molecule has 194 valence electrons. The third kappa shape index (κ3) is 5.46. The van der Waals surface area contributed by atoms with E-state index in [4.69, 9.17) is 14.6 Å². The first kappa shape index (κ1) is 25.9. The van der Waals surface area contributed by atoms with Gasteiger partial charge in [0, 0.05) is 44.3 Å². The van der Waals surface area contributed by atoms with Crippen molar-refractivity contribution in [1.29, 1.82) is 0 Å². The molecule has 4 rings (SSSR count). The number of carbonyl (C=O) groups excluding carboxylic acids is 3. The lowest BCUT2D eigenvalue weighted by Gasteiger charge is -2.36. The van der Waals surface area contributed by atoms with Gasteiger partial charge < -0.3 is 20.1 Å². The normalized spacial score (nSPS) is 17.2. The van der Waals surface area contributed by atoms with E-state index in [2.05, 4.69) is 10.6 Å². The van der Waals surface area contributed by atoms with Gasteiger partial charge in [-0.1, -0.05) is 26.8 Å². The summed E-state index contributed by atoms with van der Waals surface area (Å²) in [5.74, 6) is -0.804. The molecule has 3 heterocycles. The Hall–Kier alpha value is -3.20. The summed E-state index contributed by atoms with van der Waals surface area (Å²) >= 11 is 0. The molecule has 1 spiro atoms. The summed E-state index contributed by atoms with van der Waals surface area (Å²) in [5, 5.41) is 10.5. The van der Waals surface area contributed by atoms with Gasteiger partial charge >= 0.3 is 5.97 Å². The molecule has 2 aliphatic rings. The summed E-state index contributed by atoms with van der Waals surface area (Å²) in [7, 11) is 1.54. The molecule has 1 aromatic heterocycles. The Balaban J connectivity index is 1.52. The molecule has 2 aromatic rings. The van der Waals surface area contributed by atoms with Crippen LogP contribution in [0.4, 0.5) is 0 Å². The molecule has 2 amide bonds. The predicted octanol–water partition coefficient (Wildman–Crippen LogP) is 2.77. The Morgan fingerprint density at radius 3 is 2.67 bits per heavy atom. The Kier molecular flexibility index (Phi) is 7.49. The van der Waals surface area contributed by atoms with Gasteiger partial charge in [0.2, 0.25) is 0 Å². The van der Waals surface area contributed by atoms with E-state index in [0.717, 1.165) is 30.7 Å². The summed E-state index contributed by atoms with van der Waals surface area (Å²) in [4.78, 5) is 37.7. The Labute approximate surface area is 211 Å². The van der Waals surface area contributed by atoms with Crippen LogP contribution in [0.15, 0.2) is 24.3 Å². The number of benzene rings is 1. The van der Waals surface area contributed by atoms with Gasteiger partial charge in [-0.15, -0.1) is 0 Å². The van der Waals surface area contributed by atoms with Gasteiger partial charge in [-0.05, 0) is 49.3 Å². The number of amides is 2. The van der Waals surface area contributed by atoms with E-state index in [-0.39, 0.29) is 23.8 Å². The van der Waals surface area contributed by atoms with Crippen molar-refractivity contribution in [1.82, 2.24) is 20.4 Å². The highest BCUT2D eigenvalue weighted by atomic mass is 16.5. The molecule has 2 aliphatic heterocycles. The number of aryl methyl sites for hydroxylation is 1. The fourth-order valence-electron chi connectivity index (χ4n) is 5.03. The highest BCUT2D eigenvalue weighted by molar-refractivity contribution is 5.98. The van der Waals surface area contributed by atoms with E-state index in [9.17, 15) is 14.4 Å². The number of hydrogen-bond donors (Lipinski definition) is 2. The van der Waals surface area contributed by atoms with Crippen LogP contribution in [-0.2, 0) is 28.9 Å². The van der Waals surface area contributed by atoms with Crippen LogP contribution in [0, 0.1) is 10.8 Å². The van der Waals surface area contributed by atoms with Crippen LogP contribution in [0.25, 0.3) is 0 Å². The average molecular weight is 497 g/mol. The highest BCUT2D eigenvalue weighted by Crippen LogP contribution is 2.38. The minimum absolute atomic E-state index is 0.0334. The first-order valence-electron chi connectivity index (χ1n) is 12.6. The molecule has 1 saturated heterocycles. The number of aromatic nitrogens is 2. The van der Waals surface area contributed by atoms with Crippen LogP contribution in [0.1, 0.15) is 76.1 Å². The summed E-state index contributed by atoms with van der Waals surface area (Å²) < 4.78 is 13.2. The van der Waals surface area contributed by atoms with Crippen LogP contribution in [-0.4, -0.2) is 61.0 Å². The molecule has 1 fully saturated rings. The lowest BCUT2D eigenvalue weighted by atomic mass is 9.76. The summed E-state index contributed by atoms with van der Waals surface area (Å²) in [6, 6.07) is 6.47. The Bertz CT molecular complexity index is 1150. The number of nitrogens with zero attached hydrogens (tertiary/aromatic N) is 2. The number of hydrogen-bond acceptors (Lipinski definition) is 6. The quantitative estimate of drug-likeness (QED) is 0.570. The van der Waals surface area contributed by atoms with Crippen molar-refractivity contribution in [3.05, 3.63) is 52.3 Å². The highest BCUT2D eigenvalue weighted by Gasteiger charge is 2.40. The van der Waals surface area contributed by atoms with Crippen molar-refractivity contribution in [3.63, 3.8) is 0 Å². The van der Waals surface area contributed by atoms with Crippen LogP contribution >= 0.6 is 0 Å².